The number of nitrogens with one attached hydrogen (secondary N) is 1. The lowest BCUT2D eigenvalue weighted by molar-refractivity contribution is -0.149. The molecule has 0 radical (unpaired) electrons. The Morgan fingerprint density at radius 1 is 0.878 bits per heavy atom. The molecular formula is C32H39FN2O6. The van der Waals surface area contributed by atoms with Gasteiger partial charge in [-0.05, 0) is 60.7 Å². The highest BCUT2D eigenvalue weighted by molar-refractivity contribution is 5.74. The van der Waals surface area contributed by atoms with E-state index in [1.807, 2.05) is 42.5 Å². The molecule has 8 nitrogen and oxygen atoms in total. The topological polar surface area (TPSA) is 97.3 Å². The molecule has 0 spiro atoms. The number of ether oxygens (including phenoxy) is 3. The van der Waals surface area contributed by atoms with Gasteiger partial charge in [-0.1, -0.05) is 54.6 Å². The Balaban J connectivity index is 1.46. The van der Waals surface area contributed by atoms with E-state index in [1.165, 1.54) is 12.1 Å². The van der Waals surface area contributed by atoms with Crippen molar-refractivity contribution < 1.29 is 33.3 Å². The van der Waals surface area contributed by atoms with Crippen LogP contribution >= 0.6 is 0 Å². The molecule has 0 aliphatic rings. The lowest BCUT2D eigenvalue weighted by Gasteiger charge is -2.23. The van der Waals surface area contributed by atoms with Gasteiger partial charge in [-0.15, -0.1) is 0 Å². The zero-order valence-corrected chi connectivity index (χ0v) is 23.5. The minimum atomic E-state index is -0.989. The molecule has 0 aromatic heterocycles. The highest BCUT2D eigenvalue weighted by atomic mass is 19.1. The second kappa shape index (κ2) is 17.7. The molecular weight excluding hydrogens is 527 g/mol. The molecule has 3 aromatic rings. The Morgan fingerprint density at radius 3 is 2.27 bits per heavy atom. The Kier molecular flexibility index (Phi) is 13.6. The van der Waals surface area contributed by atoms with Crippen LogP contribution in [0.5, 0.6) is 5.75 Å². The number of unbranched alkanes of at least 4 members (excludes halogenated alkanes) is 1. The van der Waals surface area contributed by atoms with Gasteiger partial charge in [0.1, 0.15) is 18.2 Å². The van der Waals surface area contributed by atoms with Crippen molar-refractivity contribution in [3.8, 4) is 5.75 Å². The second-order valence-electron chi connectivity index (χ2n) is 9.50. The molecule has 9 heteroatoms. The van der Waals surface area contributed by atoms with Crippen molar-refractivity contribution >= 4 is 12.0 Å². The summed E-state index contributed by atoms with van der Waals surface area (Å²) >= 11 is 0. The number of nitrogens with zero attached hydrogens (tertiary/aromatic N) is 1. The van der Waals surface area contributed by atoms with Crippen LogP contribution < -0.4 is 10.1 Å². The molecule has 0 bridgehead atoms. The number of halogens is 1. The highest BCUT2D eigenvalue weighted by Crippen LogP contribution is 2.15. The quantitative estimate of drug-likeness (QED) is 0.199. The predicted molar refractivity (Wildman–Crippen MR) is 154 cm³/mol. The van der Waals surface area contributed by atoms with E-state index in [9.17, 15) is 19.1 Å². The number of carbonyl (C=O) groups is 2. The third-order valence-electron chi connectivity index (χ3n) is 6.34. The third kappa shape index (κ3) is 12.0. The summed E-state index contributed by atoms with van der Waals surface area (Å²) in [6.07, 6.45) is 0.905. The van der Waals surface area contributed by atoms with Crippen molar-refractivity contribution in [3.05, 3.63) is 101 Å². The molecule has 0 aliphatic carbocycles. The molecule has 3 aromatic carbocycles. The lowest BCUT2D eigenvalue weighted by Crippen LogP contribution is -2.42. The van der Waals surface area contributed by atoms with Gasteiger partial charge in [0.2, 0.25) is 0 Å². The molecule has 0 heterocycles. The summed E-state index contributed by atoms with van der Waals surface area (Å²) in [6.45, 7) is 4.70. The summed E-state index contributed by atoms with van der Waals surface area (Å²) < 4.78 is 29.9. The van der Waals surface area contributed by atoms with Crippen LogP contribution in [0.25, 0.3) is 0 Å². The molecule has 1 atom stereocenters. The number of amides is 2. The van der Waals surface area contributed by atoms with E-state index in [4.69, 9.17) is 14.2 Å². The van der Waals surface area contributed by atoms with Crippen LogP contribution in [0.3, 0.4) is 0 Å². The van der Waals surface area contributed by atoms with Gasteiger partial charge in [-0.25, -0.2) is 14.0 Å². The minimum Gasteiger partial charge on any atom is -0.492 e. The average Bonchev–Trinajstić information content (AvgIpc) is 2.98. The number of aliphatic carboxylic acids is 1. The van der Waals surface area contributed by atoms with Gasteiger partial charge in [0.15, 0.2) is 6.10 Å². The van der Waals surface area contributed by atoms with Crippen molar-refractivity contribution in [1.29, 1.82) is 0 Å². The van der Waals surface area contributed by atoms with E-state index < -0.39 is 12.1 Å². The van der Waals surface area contributed by atoms with E-state index in [-0.39, 0.29) is 18.3 Å². The smallest absolute Gasteiger partial charge is 0.333 e. The Hall–Kier alpha value is -3.95. The van der Waals surface area contributed by atoms with Crippen molar-refractivity contribution in [2.45, 2.75) is 45.4 Å². The maximum Gasteiger partial charge on any atom is 0.333 e. The van der Waals surface area contributed by atoms with Gasteiger partial charge in [-0.2, -0.15) is 0 Å². The molecule has 0 aliphatic heterocycles. The van der Waals surface area contributed by atoms with Crippen LogP contribution in [0.1, 0.15) is 36.5 Å². The first-order valence-electron chi connectivity index (χ1n) is 13.9. The third-order valence-corrected chi connectivity index (χ3v) is 6.34. The molecule has 0 fully saturated rings. The number of hydrogen-bond acceptors (Lipinski definition) is 5. The molecule has 41 heavy (non-hydrogen) atoms. The number of benzene rings is 3. The number of carboxylic acid groups (broad SMARTS) is 1. The van der Waals surface area contributed by atoms with E-state index in [0.717, 1.165) is 29.5 Å². The number of rotatable bonds is 18. The summed E-state index contributed by atoms with van der Waals surface area (Å²) in [4.78, 5) is 26.1. The summed E-state index contributed by atoms with van der Waals surface area (Å²) in [7, 11) is 0. The Morgan fingerprint density at radius 2 is 1.59 bits per heavy atom. The van der Waals surface area contributed by atoms with Gasteiger partial charge >= 0.3 is 12.0 Å². The zero-order valence-electron chi connectivity index (χ0n) is 23.5. The lowest BCUT2D eigenvalue weighted by atomic mass is 10.1. The van der Waals surface area contributed by atoms with Crippen LogP contribution in [0.15, 0.2) is 78.9 Å². The van der Waals surface area contributed by atoms with Crippen LogP contribution in [0, 0.1) is 5.82 Å². The van der Waals surface area contributed by atoms with Crippen molar-refractivity contribution in [3.63, 3.8) is 0 Å². The summed E-state index contributed by atoms with van der Waals surface area (Å²) in [5, 5.41) is 12.3. The van der Waals surface area contributed by atoms with Crippen molar-refractivity contribution in [2.75, 3.05) is 32.9 Å². The second-order valence-corrected chi connectivity index (χ2v) is 9.50. The molecule has 0 saturated carbocycles. The van der Waals surface area contributed by atoms with Gasteiger partial charge in [0.25, 0.3) is 0 Å². The molecule has 220 valence electrons. The Bertz CT molecular complexity index is 1180. The van der Waals surface area contributed by atoms with Gasteiger partial charge in [-0.3, -0.25) is 0 Å². The SMILES string of the molecule is CCOC(Cc1ccc(OCCN(CCCCOCc2ccc(F)cc2)C(=O)NCc2ccccc2)cc1)C(=O)O. The van der Waals surface area contributed by atoms with E-state index in [1.54, 1.807) is 36.1 Å². The van der Waals surface area contributed by atoms with Crippen molar-refractivity contribution in [1.82, 2.24) is 10.2 Å². The first-order valence-corrected chi connectivity index (χ1v) is 13.9. The van der Waals surface area contributed by atoms with Crippen LogP contribution in [-0.2, 0) is 33.8 Å². The summed E-state index contributed by atoms with van der Waals surface area (Å²) in [5.74, 6) is -0.625. The molecule has 3 rings (SSSR count). The molecule has 0 saturated heterocycles. The normalized spacial score (nSPS) is 11.6. The van der Waals surface area contributed by atoms with Crippen LogP contribution in [-0.4, -0.2) is 61.0 Å². The molecule has 2 N–H and O–H groups in total. The number of hydrogen-bond donors (Lipinski definition) is 2. The highest BCUT2D eigenvalue weighted by Gasteiger charge is 2.18. The summed E-state index contributed by atoms with van der Waals surface area (Å²) in [6, 6.07) is 23.0. The molecule has 2 amide bonds. The fraction of sp³-hybridized carbons (Fsp3) is 0.375. The average molecular weight is 567 g/mol. The van der Waals surface area contributed by atoms with Crippen LogP contribution in [0.4, 0.5) is 9.18 Å². The number of carboxylic acids is 1. The summed E-state index contributed by atoms with van der Waals surface area (Å²) in [5.41, 5.74) is 2.76. The predicted octanol–water partition coefficient (Wildman–Crippen LogP) is 5.45. The van der Waals surface area contributed by atoms with Crippen molar-refractivity contribution in [2.24, 2.45) is 0 Å². The Labute approximate surface area is 241 Å². The minimum absolute atomic E-state index is 0.171. The van der Waals surface area contributed by atoms with Crippen LogP contribution in [0.2, 0.25) is 0 Å². The van der Waals surface area contributed by atoms with Gasteiger partial charge < -0.3 is 29.5 Å². The largest absolute Gasteiger partial charge is 0.492 e. The zero-order chi connectivity index (χ0) is 29.3. The number of urea groups is 1. The van der Waals surface area contributed by atoms with E-state index >= 15 is 0 Å². The molecule has 1 unspecified atom stereocenters. The first kappa shape index (κ1) is 31.6. The van der Waals surface area contributed by atoms with Gasteiger partial charge in [0, 0.05) is 32.7 Å². The monoisotopic (exact) mass is 566 g/mol. The fourth-order valence-corrected chi connectivity index (χ4v) is 4.11. The van der Waals surface area contributed by atoms with Gasteiger partial charge in [0.05, 0.1) is 13.2 Å². The maximum absolute atomic E-state index is 13.0. The van der Waals surface area contributed by atoms with E-state index in [0.29, 0.717) is 51.8 Å². The van der Waals surface area contributed by atoms with E-state index in [2.05, 4.69) is 5.32 Å². The standard InChI is InChI=1S/C32H39FN2O6/c1-2-40-30(31(36)37)22-25-12-16-29(17-13-25)41-21-19-35(32(38)34-23-26-8-4-3-5-9-26)18-6-7-20-39-24-27-10-14-28(33)15-11-27/h3-5,8-17,30H,2,6-7,18-24H2,1H3,(H,34,38)(H,36,37). The first-order chi connectivity index (χ1) is 19.9. The fourth-order valence-electron chi connectivity index (χ4n) is 4.11. The number of carbonyl (C=O) groups excluding carboxylic acids is 1. The maximum atomic E-state index is 13.0.